The number of anilines is 1. The minimum Gasteiger partial charge on any atom is -0.385 e. The normalized spacial score (nSPS) is 26.7. The van der Waals surface area contributed by atoms with Crippen molar-refractivity contribution in [2.24, 2.45) is 0 Å². The van der Waals surface area contributed by atoms with E-state index in [1.54, 1.807) is 0 Å². The van der Waals surface area contributed by atoms with Gasteiger partial charge in [-0.15, -0.1) is 0 Å². The van der Waals surface area contributed by atoms with Gasteiger partial charge in [-0.05, 0) is 30.9 Å². The number of benzene rings is 1. The molecule has 0 aliphatic carbocycles. The van der Waals surface area contributed by atoms with Crippen LogP contribution in [-0.2, 0) is 4.74 Å². The molecule has 0 bridgehead atoms. The highest BCUT2D eigenvalue weighted by molar-refractivity contribution is 5.54. The van der Waals surface area contributed by atoms with E-state index in [0.717, 1.165) is 26.2 Å². The highest BCUT2D eigenvalue weighted by Gasteiger charge is 2.20. The molecule has 98 valence electrons. The van der Waals surface area contributed by atoms with Crippen LogP contribution in [0.1, 0.15) is 30.7 Å². The topological polar surface area (TPSA) is 33.3 Å². The van der Waals surface area contributed by atoms with Crippen LogP contribution in [-0.4, -0.2) is 32.3 Å². The van der Waals surface area contributed by atoms with Crippen molar-refractivity contribution in [2.45, 2.75) is 31.3 Å². The molecule has 2 aliphatic heterocycles. The van der Waals surface area contributed by atoms with Crippen molar-refractivity contribution in [1.82, 2.24) is 5.32 Å². The number of ether oxygens (including phenoxy) is 1. The second-order valence-corrected chi connectivity index (χ2v) is 5.29. The first-order chi connectivity index (χ1) is 8.93. The van der Waals surface area contributed by atoms with E-state index in [4.69, 9.17) is 4.74 Å². The van der Waals surface area contributed by atoms with E-state index >= 15 is 0 Å². The molecule has 2 aliphatic rings. The Morgan fingerprint density at radius 3 is 3.06 bits per heavy atom. The highest BCUT2D eigenvalue weighted by Crippen LogP contribution is 2.30. The molecule has 0 amide bonds. The lowest BCUT2D eigenvalue weighted by Gasteiger charge is -2.27. The molecule has 2 heterocycles. The van der Waals surface area contributed by atoms with Crippen molar-refractivity contribution in [1.29, 1.82) is 0 Å². The monoisotopic (exact) mass is 246 g/mol. The molecule has 3 heteroatoms. The lowest BCUT2D eigenvalue weighted by atomic mass is 9.91. The van der Waals surface area contributed by atoms with Gasteiger partial charge in [0.25, 0.3) is 0 Å². The molecule has 18 heavy (non-hydrogen) atoms. The predicted molar refractivity (Wildman–Crippen MR) is 74.1 cm³/mol. The maximum Gasteiger partial charge on any atom is 0.0700 e. The molecular formula is C15H22N2O. The van der Waals surface area contributed by atoms with E-state index in [0.29, 0.717) is 12.0 Å². The fourth-order valence-electron chi connectivity index (χ4n) is 2.99. The van der Waals surface area contributed by atoms with Gasteiger partial charge in [-0.3, -0.25) is 0 Å². The molecule has 0 saturated carbocycles. The molecule has 2 N–H and O–H groups in total. The van der Waals surface area contributed by atoms with E-state index in [2.05, 4.69) is 34.9 Å². The zero-order valence-corrected chi connectivity index (χ0v) is 10.8. The Kier molecular flexibility index (Phi) is 3.81. The van der Waals surface area contributed by atoms with Gasteiger partial charge < -0.3 is 15.4 Å². The van der Waals surface area contributed by atoms with Crippen molar-refractivity contribution >= 4 is 5.69 Å². The van der Waals surface area contributed by atoms with Crippen LogP contribution in [0.25, 0.3) is 0 Å². The average Bonchev–Trinajstić information content (AvgIpc) is 2.92. The van der Waals surface area contributed by atoms with Gasteiger partial charge in [0.2, 0.25) is 0 Å². The van der Waals surface area contributed by atoms with Gasteiger partial charge in [-0.1, -0.05) is 18.2 Å². The molecule has 2 atom stereocenters. The summed E-state index contributed by atoms with van der Waals surface area (Å²) in [5.41, 5.74) is 2.77. The van der Waals surface area contributed by atoms with Crippen LogP contribution in [0.2, 0.25) is 0 Å². The molecule has 0 radical (unpaired) electrons. The first-order valence-electron chi connectivity index (χ1n) is 7.08. The van der Waals surface area contributed by atoms with Crippen molar-refractivity contribution in [3.8, 4) is 0 Å². The van der Waals surface area contributed by atoms with Crippen LogP contribution in [0.3, 0.4) is 0 Å². The van der Waals surface area contributed by atoms with Crippen LogP contribution in [0.15, 0.2) is 24.3 Å². The summed E-state index contributed by atoms with van der Waals surface area (Å²) in [6.07, 6.45) is 4.11. The highest BCUT2D eigenvalue weighted by atomic mass is 16.5. The molecule has 3 nitrogen and oxygen atoms in total. The molecule has 2 unspecified atom stereocenters. The SMILES string of the molecule is c1ccc2c(c1)NCCC2CNCC1CCCO1. The van der Waals surface area contributed by atoms with Gasteiger partial charge in [0.1, 0.15) is 0 Å². The maximum atomic E-state index is 5.64. The molecule has 1 fully saturated rings. The lowest BCUT2D eigenvalue weighted by Crippen LogP contribution is -2.32. The number of hydrogen-bond acceptors (Lipinski definition) is 3. The van der Waals surface area contributed by atoms with E-state index in [9.17, 15) is 0 Å². The summed E-state index contributed by atoms with van der Waals surface area (Å²) in [6.45, 7) is 4.11. The summed E-state index contributed by atoms with van der Waals surface area (Å²) in [4.78, 5) is 0. The second kappa shape index (κ2) is 5.72. The summed E-state index contributed by atoms with van der Waals surface area (Å²) >= 11 is 0. The average molecular weight is 246 g/mol. The van der Waals surface area contributed by atoms with Gasteiger partial charge in [-0.2, -0.15) is 0 Å². The van der Waals surface area contributed by atoms with Crippen LogP contribution in [0, 0.1) is 0 Å². The zero-order valence-electron chi connectivity index (χ0n) is 10.8. The fourth-order valence-corrected chi connectivity index (χ4v) is 2.99. The van der Waals surface area contributed by atoms with Gasteiger partial charge >= 0.3 is 0 Å². The summed E-state index contributed by atoms with van der Waals surface area (Å²) in [5, 5.41) is 7.06. The zero-order chi connectivity index (χ0) is 12.2. The van der Waals surface area contributed by atoms with E-state index in [-0.39, 0.29) is 0 Å². The quantitative estimate of drug-likeness (QED) is 0.855. The molecule has 1 aromatic carbocycles. The smallest absolute Gasteiger partial charge is 0.0700 e. The van der Waals surface area contributed by atoms with Crippen molar-refractivity contribution < 1.29 is 4.74 Å². The van der Waals surface area contributed by atoms with Crippen molar-refractivity contribution in [3.63, 3.8) is 0 Å². The number of hydrogen-bond donors (Lipinski definition) is 2. The van der Waals surface area contributed by atoms with E-state index < -0.39 is 0 Å². The van der Waals surface area contributed by atoms with Crippen LogP contribution in [0.5, 0.6) is 0 Å². The second-order valence-electron chi connectivity index (χ2n) is 5.29. The Hall–Kier alpha value is -1.06. The molecular weight excluding hydrogens is 224 g/mol. The Morgan fingerprint density at radius 2 is 2.17 bits per heavy atom. The summed E-state index contributed by atoms with van der Waals surface area (Å²) in [6, 6.07) is 8.68. The van der Waals surface area contributed by atoms with Crippen LogP contribution < -0.4 is 10.6 Å². The predicted octanol–water partition coefficient (Wildman–Crippen LogP) is 2.35. The molecule has 1 aromatic rings. The third kappa shape index (κ3) is 2.68. The lowest BCUT2D eigenvalue weighted by molar-refractivity contribution is 0.110. The Bertz CT molecular complexity index is 388. The fraction of sp³-hybridized carbons (Fsp3) is 0.600. The van der Waals surface area contributed by atoms with E-state index in [1.165, 1.54) is 30.5 Å². The van der Waals surface area contributed by atoms with Gasteiger partial charge in [0, 0.05) is 37.8 Å². The van der Waals surface area contributed by atoms with Crippen LogP contribution in [0.4, 0.5) is 5.69 Å². The first kappa shape index (κ1) is 12.0. The maximum absolute atomic E-state index is 5.64. The Balaban J connectivity index is 1.54. The number of rotatable bonds is 4. The molecule has 3 rings (SSSR count). The first-order valence-corrected chi connectivity index (χ1v) is 7.08. The summed E-state index contributed by atoms with van der Waals surface area (Å²) < 4.78 is 5.64. The molecule has 0 spiro atoms. The van der Waals surface area contributed by atoms with Gasteiger partial charge in [0.15, 0.2) is 0 Å². The number of para-hydroxylation sites is 1. The van der Waals surface area contributed by atoms with Crippen LogP contribution >= 0.6 is 0 Å². The largest absolute Gasteiger partial charge is 0.385 e. The van der Waals surface area contributed by atoms with Crippen molar-refractivity contribution in [3.05, 3.63) is 29.8 Å². The van der Waals surface area contributed by atoms with Gasteiger partial charge in [0.05, 0.1) is 6.10 Å². The molecule has 0 aromatic heterocycles. The van der Waals surface area contributed by atoms with E-state index in [1.807, 2.05) is 0 Å². The third-order valence-electron chi connectivity index (χ3n) is 4.00. The third-order valence-corrected chi connectivity index (χ3v) is 4.00. The van der Waals surface area contributed by atoms with Gasteiger partial charge in [-0.25, -0.2) is 0 Å². The summed E-state index contributed by atoms with van der Waals surface area (Å²) in [7, 11) is 0. The number of nitrogens with one attached hydrogen (secondary N) is 2. The Labute approximate surface area is 109 Å². The number of fused-ring (bicyclic) bond motifs is 1. The van der Waals surface area contributed by atoms with Crippen molar-refractivity contribution in [2.75, 3.05) is 31.6 Å². The standard InChI is InChI=1S/C15H22N2O/c1-2-6-15-14(5-1)12(7-8-17-15)10-16-11-13-4-3-9-18-13/h1-2,5-6,12-13,16-17H,3-4,7-11H2. The minimum atomic E-state index is 0.446. The minimum absolute atomic E-state index is 0.446. The molecule has 1 saturated heterocycles. The summed E-state index contributed by atoms with van der Waals surface area (Å²) in [5.74, 6) is 0.642. The Morgan fingerprint density at radius 1 is 1.22 bits per heavy atom.